The zero-order valence-electron chi connectivity index (χ0n) is 25.9. The summed E-state index contributed by atoms with van der Waals surface area (Å²) in [5, 5.41) is 0. The minimum atomic E-state index is 0.338. The van der Waals surface area contributed by atoms with Gasteiger partial charge in [0.1, 0.15) is 5.82 Å². The van der Waals surface area contributed by atoms with E-state index in [0.29, 0.717) is 6.85 Å². The lowest BCUT2D eigenvalue weighted by Gasteiger charge is -2.21. The minimum absolute atomic E-state index is 0.338. The van der Waals surface area contributed by atoms with Gasteiger partial charge in [0.05, 0.1) is 5.71 Å². The summed E-state index contributed by atoms with van der Waals surface area (Å²) >= 11 is 0. The van der Waals surface area contributed by atoms with Gasteiger partial charge >= 0.3 is 0 Å². The predicted octanol–water partition coefficient (Wildman–Crippen LogP) is 10.9. The average Bonchev–Trinajstić information content (AvgIpc) is 3.69. The molecule has 0 N–H and O–H groups in total. The van der Waals surface area contributed by atoms with Crippen LogP contribution in [-0.2, 0) is 0 Å². The topological polar surface area (TPSA) is 29.6 Å². The van der Waals surface area contributed by atoms with Crippen molar-refractivity contribution in [3.8, 4) is 22.4 Å². The van der Waals surface area contributed by atoms with Gasteiger partial charge in [-0.3, -0.25) is 0 Å². The normalized spacial score (nSPS) is 13.6. The molecule has 0 saturated heterocycles. The lowest BCUT2D eigenvalue weighted by atomic mass is 9.53. The first-order chi connectivity index (χ1) is 21.8. The molecule has 0 saturated carbocycles. The number of aromatic nitrogens is 1. The molecule has 0 aliphatic carbocycles. The van der Waals surface area contributed by atoms with Crippen molar-refractivity contribution in [1.29, 1.82) is 0 Å². The molecule has 0 fully saturated rings. The van der Waals surface area contributed by atoms with Gasteiger partial charge in [-0.1, -0.05) is 173 Å². The molecule has 0 bridgehead atoms. The van der Waals surface area contributed by atoms with Crippen LogP contribution in [0.3, 0.4) is 0 Å². The molecule has 0 radical (unpaired) electrons. The van der Waals surface area contributed by atoms with E-state index in [2.05, 4.69) is 146 Å². The molecule has 0 unspecified atom stereocenters. The molecular formula is C40H40BN3. The molecular weight excluding hydrogens is 533 g/mol. The molecule has 3 nitrogen and oxygen atoms in total. The van der Waals surface area contributed by atoms with Gasteiger partial charge in [0, 0.05) is 22.4 Å². The van der Waals surface area contributed by atoms with Gasteiger partial charge in [0.15, 0.2) is 5.84 Å². The SMILES string of the molecule is CCCCB(CCCC)n1c(-c2ccccc2)cc(-c2ccccc2)c1/N=C1\N=C(c2ccccc2)C=C1c1ccccc1. The molecule has 0 spiro atoms. The smallest absolute Gasteiger partial charge is 0.262 e. The molecule has 218 valence electrons. The quantitative estimate of drug-likeness (QED) is 0.133. The standard InChI is InChI=1S/C40H40BN3/c1-3-5-27-41(28-6-4-2)44-38(34-25-17-10-18-26-34)30-36(32-21-13-8-14-22-32)40(44)43-39-35(31-19-11-7-12-20-31)29-37(42-39)33-23-15-9-16-24-33/h7-26,29-30H,3-6,27-28H2,1-2H3/b43-39-. The Morgan fingerprint density at radius 3 is 1.66 bits per heavy atom. The van der Waals surface area contributed by atoms with Crippen molar-refractivity contribution < 1.29 is 0 Å². The number of aliphatic imine (C=N–C) groups is 2. The van der Waals surface area contributed by atoms with Crippen molar-refractivity contribution in [2.24, 2.45) is 9.98 Å². The summed E-state index contributed by atoms with van der Waals surface area (Å²) < 4.78 is 2.55. The average molecular weight is 574 g/mol. The van der Waals surface area contributed by atoms with Gasteiger partial charge in [0.2, 0.25) is 0 Å². The van der Waals surface area contributed by atoms with Crippen molar-refractivity contribution in [3.63, 3.8) is 0 Å². The highest BCUT2D eigenvalue weighted by atomic mass is 15.1. The summed E-state index contributed by atoms with van der Waals surface area (Å²) in [5.74, 6) is 1.75. The Labute approximate surface area is 262 Å². The highest BCUT2D eigenvalue weighted by Crippen LogP contribution is 2.41. The Hall–Kier alpha value is -4.70. The molecule has 0 amide bonds. The number of allylic oxidation sites excluding steroid dienone is 1. The van der Waals surface area contributed by atoms with Crippen LogP contribution in [0.1, 0.15) is 50.7 Å². The van der Waals surface area contributed by atoms with Crippen molar-refractivity contribution in [2.45, 2.75) is 52.2 Å². The fourth-order valence-electron chi connectivity index (χ4n) is 6.12. The van der Waals surface area contributed by atoms with Crippen LogP contribution in [0.5, 0.6) is 0 Å². The zero-order valence-corrected chi connectivity index (χ0v) is 25.9. The third-order valence-electron chi connectivity index (χ3n) is 8.43. The van der Waals surface area contributed by atoms with Gasteiger partial charge in [0.25, 0.3) is 6.85 Å². The van der Waals surface area contributed by atoms with Crippen LogP contribution in [0.25, 0.3) is 28.0 Å². The Morgan fingerprint density at radius 1 is 0.614 bits per heavy atom. The monoisotopic (exact) mass is 573 g/mol. The molecule has 1 aliphatic rings. The van der Waals surface area contributed by atoms with E-state index in [1.807, 2.05) is 6.07 Å². The number of hydrogen-bond donors (Lipinski definition) is 0. The summed E-state index contributed by atoms with van der Waals surface area (Å²) in [6.45, 7) is 4.91. The van der Waals surface area contributed by atoms with Crippen LogP contribution in [-0.4, -0.2) is 22.9 Å². The van der Waals surface area contributed by atoms with E-state index in [-0.39, 0.29) is 0 Å². The maximum Gasteiger partial charge on any atom is 0.262 e. The molecule has 4 heteroatoms. The molecule has 44 heavy (non-hydrogen) atoms. The highest BCUT2D eigenvalue weighted by molar-refractivity contribution is 6.58. The van der Waals surface area contributed by atoms with Crippen molar-refractivity contribution in [3.05, 3.63) is 145 Å². The number of amidine groups is 1. The van der Waals surface area contributed by atoms with E-state index in [4.69, 9.17) is 9.98 Å². The first kappa shape index (κ1) is 29.4. The van der Waals surface area contributed by atoms with Crippen LogP contribution in [0.4, 0.5) is 5.82 Å². The Kier molecular flexibility index (Phi) is 9.47. The Morgan fingerprint density at radius 2 is 1.11 bits per heavy atom. The molecule has 5 aromatic rings. The zero-order chi connectivity index (χ0) is 30.1. The fraction of sp³-hybridized carbons (Fsp3) is 0.200. The Balaban J connectivity index is 1.62. The molecule has 2 heterocycles. The van der Waals surface area contributed by atoms with E-state index < -0.39 is 0 Å². The molecule has 1 aliphatic heterocycles. The summed E-state index contributed by atoms with van der Waals surface area (Å²) in [5.41, 5.74) is 8.96. The van der Waals surface area contributed by atoms with Gasteiger partial charge in [-0.05, 0) is 28.8 Å². The van der Waals surface area contributed by atoms with Crippen LogP contribution in [0, 0.1) is 0 Å². The van der Waals surface area contributed by atoms with E-state index >= 15 is 0 Å². The van der Waals surface area contributed by atoms with Crippen LogP contribution < -0.4 is 0 Å². The summed E-state index contributed by atoms with van der Waals surface area (Å²) in [4.78, 5) is 10.8. The molecule has 4 aromatic carbocycles. The summed E-state index contributed by atoms with van der Waals surface area (Å²) in [6, 6.07) is 44.9. The highest BCUT2D eigenvalue weighted by Gasteiger charge is 2.28. The van der Waals surface area contributed by atoms with Gasteiger partial charge < -0.3 is 4.48 Å². The summed E-state index contributed by atoms with van der Waals surface area (Å²) in [7, 11) is 0. The van der Waals surface area contributed by atoms with Gasteiger partial charge in [-0.15, -0.1) is 0 Å². The Bertz CT molecular complexity index is 1740. The van der Waals surface area contributed by atoms with Crippen molar-refractivity contribution in [1.82, 2.24) is 4.48 Å². The minimum Gasteiger partial charge on any atom is -0.371 e. The first-order valence-electron chi connectivity index (χ1n) is 16.1. The number of nitrogens with zero attached hydrogens (tertiary/aromatic N) is 3. The third-order valence-corrected chi connectivity index (χ3v) is 8.43. The molecule has 1 aromatic heterocycles. The second kappa shape index (κ2) is 14.2. The van der Waals surface area contributed by atoms with E-state index in [1.165, 1.54) is 42.5 Å². The maximum absolute atomic E-state index is 5.57. The number of hydrogen-bond acceptors (Lipinski definition) is 1. The predicted molar refractivity (Wildman–Crippen MR) is 190 cm³/mol. The van der Waals surface area contributed by atoms with E-state index in [0.717, 1.165) is 52.3 Å². The van der Waals surface area contributed by atoms with Gasteiger partial charge in [-0.2, -0.15) is 0 Å². The summed E-state index contributed by atoms with van der Waals surface area (Å²) in [6.07, 6.45) is 9.15. The lowest BCUT2D eigenvalue weighted by molar-refractivity contribution is 0.826. The van der Waals surface area contributed by atoms with Gasteiger partial charge in [-0.25, -0.2) is 9.98 Å². The maximum atomic E-state index is 5.57. The third kappa shape index (κ3) is 6.45. The van der Waals surface area contributed by atoms with Crippen LogP contribution in [0.2, 0.25) is 12.6 Å². The number of unbranched alkanes of at least 4 members (excludes halogenated alkanes) is 2. The number of benzene rings is 4. The van der Waals surface area contributed by atoms with Crippen molar-refractivity contribution in [2.75, 3.05) is 0 Å². The largest absolute Gasteiger partial charge is 0.371 e. The first-order valence-corrected chi connectivity index (χ1v) is 16.1. The number of rotatable bonds is 12. The molecule has 0 atom stereocenters. The van der Waals surface area contributed by atoms with Crippen LogP contribution >= 0.6 is 0 Å². The second-order valence-corrected chi connectivity index (χ2v) is 11.5. The van der Waals surface area contributed by atoms with E-state index in [9.17, 15) is 0 Å². The van der Waals surface area contributed by atoms with E-state index in [1.54, 1.807) is 0 Å². The van der Waals surface area contributed by atoms with Crippen LogP contribution in [0.15, 0.2) is 143 Å². The van der Waals surface area contributed by atoms with Crippen molar-refractivity contribution >= 4 is 29.8 Å². The molecule has 6 rings (SSSR count). The fourth-order valence-corrected chi connectivity index (χ4v) is 6.12. The lowest BCUT2D eigenvalue weighted by Crippen LogP contribution is -2.25. The second-order valence-electron chi connectivity index (χ2n) is 11.5.